The highest BCUT2D eigenvalue weighted by Crippen LogP contribution is 2.17. The molecule has 3 aromatic rings. The maximum absolute atomic E-state index is 6.16. The summed E-state index contributed by atoms with van der Waals surface area (Å²) >= 11 is 3.46. The highest BCUT2D eigenvalue weighted by molar-refractivity contribution is 9.10. The third-order valence-electron chi connectivity index (χ3n) is 3.28. The van der Waals surface area contributed by atoms with Gasteiger partial charge in [-0.05, 0) is 40.0 Å². The number of hydrogen-bond donors (Lipinski definition) is 2. The molecule has 0 aliphatic rings. The molecule has 0 amide bonds. The molecule has 0 saturated carbocycles. The van der Waals surface area contributed by atoms with Gasteiger partial charge in [0.2, 0.25) is 5.95 Å². The second-order valence-electron chi connectivity index (χ2n) is 4.79. The van der Waals surface area contributed by atoms with Gasteiger partial charge in [-0.2, -0.15) is 4.98 Å². The van der Waals surface area contributed by atoms with Gasteiger partial charge >= 0.3 is 0 Å². The van der Waals surface area contributed by atoms with Gasteiger partial charge in [-0.1, -0.05) is 30.3 Å². The van der Waals surface area contributed by atoms with E-state index in [4.69, 9.17) is 5.73 Å². The fourth-order valence-corrected chi connectivity index (χ4v) is 2.58. The average Bonchev–Trinajstić information content (AvgIpc) is 2.92. The standard InChI is InChI=1S/C15H16BrN5/c16-12-7-4-10-21-14(12)19-15(20-21)18-9-8-13(17)11-5-2-1-3-6-11/h1-7,10,13H,8-9,17H2,(H,18,20). The third-order valence-corrected chi connectivity index (χ3v) is 3.90. The normalized spacial score (nSPS) is 12.5. The quantitative estimate of drug-likeness (QED) is 0.745. The Labute approximate surface area is 131 Å². The van der Waals surface area contributed by atoms with Crippen LogP contribution in [-0.4, -0.2) is 21.1 Å². The van der Waals surface area contributed by atoms with Crippen molar-refractivity contribution in [3.05, 3.63) is 58.7 Å². The zero-order valence-electron chi connectivity index (χ0n) is 11.4. The molecule has 2 heterocycles. The Morgan fingerprint density at radius 3 is 2.76 bits per heavy atom. The summed E-state index contributed by atoms with van der Waals surface area (Å²) in [5.74, 6) is 0.613. The second-order valence-corrected chi connectivity index (χ2v) is 5.65. The van der Waals surface area contributed by atoms with Crippen molar-refractivity contribution in [2.75, 3.05) is 11.9 Å². The largest absolute Gasteiger partial charge is 0.353 e. The summed E-state index contributed by atoms with van der Waals surface area (Å²) in [7, 11) is 0. The van der Waals surface area contributed by atoms with Gasteiger partial charge in [0, 0.05) is 18.8 Å². The van der Waals surface area contributed by atoms with Crippen LogP contribution in [0.3, 0.4) is 0 Å². The Bertz CT molecular complexity index is 725. The van der Waals surface area contributed by atoms with Gasteiger partial charge in [-0.15, -0.1) is 5.10 Å². The van der Waals surface area contributed by atoms with Gasteiger partial charge in [-0.25, -0.2) is 4.52 Å². The molecule has 3 N–H and O–H groups in total. The first-order valence-corrected chi connectivity index (χ1v) is 7.58. The molecule has 0 bridgehead atoms. The summed E-state index contributed by atoms with van der Waals surface area (Å²) in [6, 6.07) is 14.0. The van der Waals surface area contributed by atoms with Crippen LogP contribution in [0, 0.1) is 0 Å². The number of pyridine rings is 1. The molecule has 108 valence electrons. The number of rotatable bonds is 5. The zero-order valence-corrected chi connectivity index (χ0v) is 13.0. The summed E-state index contributed by atoms with van der Waals surface area (Å²) in [5.41, 5.74) is 8.11. The topological polar surface area (TPSA) is 68.2 Å². The van der Waals surface area contributed by atoms with Gasteiger partial charge in [0.05, 0.1) is 4.47 Å². The van der Waals surface area contributed by atoms with Crippen LogP contribution >= 0.6 is 15.9 Å². The summed E-state index contributed by atoms with van der Waals surface area (Å²) in [4.78, 5) is 4.43. The van der Waals surface area contributed by atoms with Crippen LogP contribution in [-0.2, 0) is 0 Å². The van der Waals surface area contributed by atoms with Crippen molar-refractivity contribution in [2.45, 2.75) is 12.5 Å². The van der Waals surface area contributed by atoms with Gasteiger partial charge in [0.15, 0.2) is 5.65 Å². The lowest BCUT2D eigenvalue weighted by molar-refractivity contribution is 0.673. The van der Waals surface area contributed by atoms with Crippen molar-refractivity contribution in [2.24, 2.45) is 5.73 Å². The van der Waals surface area contributed by atoms with Crippen molar-refractivity contribution in [1.82, 2.24) is 14.6 Å². The number of aromatic nitrogens is 3. The molecule has 0 spiro atoms. The van der Waals surface area contributed by atoms with Crippen LogP contribution in [0.25, 0.3) is 5.65 Å². The smallest absolute Gasteiger partial charge is 0.243 e. The van der Waals surface area contributed by atoms with Crippen molar-refractivity contribution >= 4 is 27.5 Å². The van der Waals surface area contributed by atoms with Crippen LogP contribution in [0.4, 0.5) is 5.95 Å². The van der Waals surface area contributed by atoms with E-state index < -0.39 is 0 Å². The highest BCUT2D eigenvalue weighted by Gasteiger charge is 2.08. The molecule has 6 heteroatoms. The minimum absolute atomic E-state index is 0.0162. The molecule has 5 nitrogen and oxygen atoms in total. The van der Waals surface area contributed by atoms with E-state index in [-0.39, 0.29) is 6.04 Å². The first-order valence-electron chi connectivity index (χ1n) is 6.79. The van der Waals surface area contributed by atoms with E-state index in [1.807, 2.05) is 48.7 Å². The molecular formula is C15H16BrN5. The van der Waals surface area contributed by atoms with Gasteiger partial charge in [0.25, 0.3) is 0 Å². The second kappa shape index (κ2) is 6.24. The Kier molecular flexibility index (Phi) is 4.17. The molecule has 1 unspecified atom stereocenters. The highest BCUT2D eigenvalue weighted by atomic mass is 79.9. The Hall–Kier alpha value is -1.92. The van der Waals surface area contributed by atoms with E-state index in [0.29, 0.717) is 5.95 Å². The number of nitrogens with two attached hydrogens (primary N) is 1. The average molecular weight is 346 g/mol. The van der Waals surface area contributed by atoms with Crippen molar-refractivity contribution in [3.8, 4) is 0 Å². The summed E-state index contributed by atoms with van der Waals surface area (Å²) in [5, 5.41) is 7.58. The molecule has 21 heavy (non-hydrogen) atoms. The van der Waals surface area contributed by atoms with Crippen LogP contribution in [0.2, 0.25) is 0 Å². The Morgan fingerprint density at radius 2 is 2.00 bits per heavy atom. The van der Waals surface area contributed by atoms with Crippen LogP contribution < -0.4 is 11.1 Å². The number of fused-ring (bicyclic) bond motifs is 1. The molecule has 0 aliphatic carbocycles. The lowest BCUT2D eigenvalue weighted by atomic mass is 10.1. The lowest BCUT2D eigenvalue weighted by Gasteiger charge is -2.11. The van der Waals surface area contributed by atoms with Crippen LogP contribution in [0.5, 0.6) is 0 Å². The Balaban J connectivity index is 1.61. The summed E-state index contributed by atoms with van der Waals surface area (Å²) in [6.45, 7) is 0.727. The summed E-state index contributed by atoms with van der Waals surface area (Å²) in [6.07, 6.45) is 2.69. The van der Waals surface area contributed by atoms with Crippen molar-refractivity contribution in [1.29, 1.82) is 0 Å². The fraction of sp³-hybridized carbons (Fsp3) is 0.200. The van der Waals surface area contributed by atoms with Crippen molar-refractivity contribution in [3.63, 3.8) is 0 Å². The number of nitrogens with zero attached hydrogens (tertiary/aromatic N) is 3. The number of halogens is 1. The first-order chi connectivity index (χ1) is 10.2. The van der Waals surface area contributed by atoms with Gasteiger partial charge in [0.1, 0.15) is 0 Å². The van der Waals surface area contributed by atoms with Crippen LogP contribution in [0.15, 0.2) is 53.1 Å². The van der Waals surface area contributed by atoms with E-state index in [1.54, 1.807) is 4.52 Å². The van der Waals surface area contributed by atoms with E-state index in [9.17, 15) is 0 Å². The SMILES string of the molecule is NC(CCNc1nc2c(Br)cccn2n1)c1ccccc1. The molecule has 0 radical (unpaired) electrons. The van der Waals surface area contributed by atoms with Gasteiger partial charge in [-0.3, -0.25) is 0 Å². The minimum Gasteiger partial charge on any atom is -0.353 e. The van der Waals surface area contributed by atoms with Gasteiger partial charge < -0.3 is 11.1 Å². The fourth-order valence-electron chi connectivity index (χ4n) is 2.15. The molecule has 1 atom stereocenters. The predicted molar refractivity (Wildman–Crippen MR) is 87.2 cm³/mol. The maximum atomic E-state index is 6.16. The van der Waals surface area contributed by atoms with E-state index in [2.05, 4.69) is 31.3 Å². The first kappa shape index (κ1) is 14.0. The number of nitrogens with one attached hydrogen (secondary N) is 1. The number of anilines is 1. The molecule has 1 aromatic carbocycles. The van der Waals surface area contributed by atoms with Crippen LogP contribution in [0.1, 0.15) is 18.0 Å². The third kappa shape index (κ3) is 3.22. The number of hydrogen-bond acceptors (Lipinski definition) is 4. The molecule has 3 rings (SSSR count). The molecule has 0 aliphatic heterocycles. The molecular weight excluding hydrogens is 330 g/mol. The lowest BCUT2D eigenvalue weighted by Crippen LogP contribution is -2.15. The maximum Gasteiger partial charge on any atom is 0.243 e. The molecule has 0 saturated heterocycles. The van der Waals surface area contributed by atoms with Crippen molar-refractivity contribution < 1.29 is 0 Å². The number of benzene rings is 1. The van der Waals surface area contributed by atoms with E-state index >= 15 is 0 Å². The van der Waals surface area contributed by atoms with E-state index in [1.165, 1.54) is 0 Å². The molecule has 0 fully saturated rings. The Morgan fingerprint density at radius 1 is 1.19 bits per heavy atom. The minimum atomic E-state index is 0.0162. The predicted octanol–water partition coefficient (Wildman–Crippen LogP) is 2.99. The summed E-state index contributed by atoms with van der Waals surface area (Å²) < 4.78 is 2.66. The molecule has 2 aromatic heterocycles. The monoisotopic (exact) mass is 345 g/mol. The zero-order chi connectivity index (χ0) is 14.7. The van der Waals surface area contributed by atoms with E-state index in [0.717, 1.165) is 28.6 Å².